The smallest absolute Gasteiger partial charge is 0.250 e. The fourth-order valence-corrected chi connectivity index (χ4v) is 3.44. The van der Waals surface area contributed by atoms with Gasteiger partial charge >= 0.3 is 0 Å². The molecule has 1 amide bonds. The van der Waals surface area contributed by atoms with E-state index in [2.05, 4.69) is 17.1 Å². The monoisotopic (exact) mass is 329 g/mol. The number of benzene rings is 1. The highest BCUT2D eigenvalue weighted by Gasteiger charge is 2.44. The number of carbonyl (C=O) groups is 1. The summed E-state index contributed by atoms with van der Waals surface area (Å²) in [5, 5.41) is 8.11. The molecule has 24 heavy (non-hydrogen) atoms. The van der Waals surface area contributed by atoms with Crippen LogP contribution < -0.4 is 0 Å². The third kappa shape index (κ3) is 2.70. The van der Waals surface area contributed by atoms with Crippen molar-refractivity contribution in [1.29, 1.82) is 0 Å². The Kier molecular flexibility index (Phi) is 3.82. The summed E-state index contributed by atoms with van der Waals surface area (Å²) in [6, 6.07) is 6.14. The lowest BCUT2D eigenvalue weighted by Crippen LogP contribution is -2.39. The first kappa shape index (κ1) is 15.3. The van der Waals surface area contributed by atoms with Gasteiger partial charge in [0.15, 0.2) is 0 Å². The predicted octanol–water partition coefficient (Wildman–Crippen LogP) is 3.59. The van der Waals surface area contributed by atoms with Crippen LogP contribution in [-0.2, 0) is 4.79 Å². The fraction of sp³-hybridized carbons (Fsp3) is 0.500. The Morgan fingerprint density at radius 3 is 2.83 bits per heavy atom. The lowest BCUT2D eigenvalue weighted by atomic mass is 10.0. The van der Waals surface area contributed by atoms with Gasteiger partial charge in [-0.25, -0.2) is 4.39 Å². The van der Waals surface area contributed by atoms with Crippen LogP contribution in [0.4, 0.5) is 4.39 Å². The maximum absolute atomic E-state index is 13.9. The van der Waals surface area contributed by atoms with E-state index >= 15 is 0 Å². The average molecular weight is 329 g/mol. The summed E-state index contributed by atoms with van der Waals surface area (Å²) in [4.78, 5) is 14.5. The van der Waals surface area contributed by atoms with Crippen LogP contribution in [0.3, 0.4) is 0 Å². The van der Waals surface area contributed by atoms with Gasteiger partial charge in [0.25, 0.3) is 5.89 Å². The van der Waals surface area contributed by atoms with Crippen molar-refractivity contribution < 1.29 is 13.6 Å². The fourth-order valence-electron chi connectivity index (χ4n) is 3.44. The van der Waals surface area contributed by atoms with E-state index < -0.39 is 5.82 Å². The molecule has 1 aromatic carbocycles. The van der Waals surface area contributed by atoms with Gasteiger partial charge in [0, 0.05) is 12.5 Å². The number of carbonyl (C=O) groups excluding carboxylic acids is 1. The number of piperidine rings is 1. The molecule has 1 aliphatic heterocycles. The molecule has 2 fully saturated rings. The van der Waals surface area contributed by atoms with Crippen molar-refractivity contribution in [3.8, 4) is 11.5 Å². The predicted molar refractivity (Wildman–Crippen MR) is 85.3 cm³/mol. The summed E-state index contributed by atoms with van der Waals surface area (Å²) < 4.78 is 19.6. The SMILES string of the molecule is C[C@@H]1C[C@@H]1C(=O)N1CCCC[C@H]1c1nnc(-c2ccccc2F)o1. The van der Waals surface area contributed by atoms with E-state index in [9.17, 15) is 9.18 Å². The molecule has 2 aromatic rings. The third-order valence-electron chi connectivity index (χ3n) is 5.04. The van der Waals surface area contributed by atoms with Gasteiger partial charge in [0.1, 0.15) is 11.9 Å². The summed E-state index contributed by atoms with van der Waals surface area (Å²) in [5.41, 5.74) is 0.292. The van der Waals surface area contributed by atoms with Gasteiger partial charge in [-0.3, -0.25) is 4.79 Å². The van der Waals surface area contributed by atoms with E-state index in [1.54, 1.807) is 18.2 Å². The molecular weight excluding hydrogens is 309 g/mol. The molecular formula is C18H20FN3O2. The maximum Gasteiger partial charge on any atom is 0.250 e. The standard InChI is InChI=1S/C18H20FN3O2/c1-11-10-13(11)18(23)22-9-5-4-8-15(22)17-21-20-16(24-17)12-6-2-3-7-14(12)19/h2-3,6-7,11,13,15H,4-5,8-10H2,1H3/t11-,13+,15+/m1/s1. The van der Waals surface area contributed by atoms with Crippen molar-refractivity contribution in [2.75, 3.05) is 6.54 Å². The van der Waals surface area contributed by atoms with Crippen LogP contribution in [0.2, 0.25) is 0 Å². The molecule has 3 atom stereocenters. The number of halogens is 1. The molecule has 0 unspecified atom stereocenters. The molecule has 126 valence electrons. The molecule has 0 N–H and O–H groups in total. The number of hydrogen-bond donors (Lipinski definition) is 0. The van der Waals surface area contributed by atoms with Gasteiger partial charge in [-0.05, 0) is 43.7 Å². The van der Waals surface area contributed by atoms with Crippen molar-refractivity contribution in [2.45, 2.75) is 38.6 Å². The summed E-state index contributed by atoms with van der Waals surface area (Å²) in [7, 11) is 0. The van der Waals surface area contributed by atoms with Crippen LogP contribution in [0.15, 0.2) is 28.7 Å². The second kappa shape index (κ2) is 6.00. The quantitative estimate of drug-likeness (QED) is 0.863. The van der Waals surface area contributed by atoms with E-state index in [1.807, 2.05) is 4.90 Å². The van der Waals surface area contributed by atoms with Crippen LogP contribution in [0.5, 0.6) is 0 Å². The average Bonchev–Trinajstić information content (AvgIpc) is 3.14. The minimum absolute atomic E-state index is 0.138. The number of likely N-dealkylation sites (tertiary alicyclic amines) is 1. The molecule has 5 nitrogen and oxygen atoms in total. The van der Waals surface area contributed by atoms with Gasteiger partial charge in [0.2, 0.25) is 11.8 Å². The van der Waals surface area contributed by atoms with E-state index in [0.29, 0.717) is 17.4 Å². The molecule has 0 radical (unpaired) electrons. The number of nitrogens with zero attached hydrogens (tertiary/aromatic N) is 3. The summed E-state index contributed by atoms with van der Waals surface area (Å²) in [6.07, 6.45) is 3.79. The van der Waals surface area contributed by atoms with Gasteiger partial charge < -0.3 is 9.32 Å². The van der Waals surface area contributed by atoms with Gasteiger partial charge in [-0.1, -0.05) is 19.1 Å². The Morgan fingerprint density at radius 1 is 1.29 bits per heavy atom. The van der Waals surface area contributed by atoms with Gasteiger partial charge in [-0.2, -0.15) is 0 Å². The molecule has 2 heterocycles. The number of aromatic nitrogens is 2. The zero-order valence-electron chi connectivity index (χ0n) is 13.6. The maximum atomic E-state index is 13.9. The Labute approximate surface area is 139 Å². The van der Waals surface area contributed by atoms with E-state index in [1.165, 1.54) is 6.07 Å². The van der Waals surface area contributed by atoms with Crippen LogP contribution in [0.25, 0.3) is 11.5 Å². The highest BCUT2D eigenvalue weighted by Crippen LogP contribution is 2.42. The summed E-state index contributed by atoms with van der Waals surface area (Å²) in [6.45, 7) is 2.83. The molecule has 0 spiro atoms. The first-order valence-electron chi connectivity index (χ1n) is 8.54. The molecule has 0 bridgehead atoms. The highest BCUT2D eigenvalue weighted by molar-refractivity contribution is 5.82. The normalized spacial score (nSPS) is 26.4. The van der Waals surface area contributed by atoms with Crippen molar-refractivity contribution >= 4 is 5.91 Å². The zero-order chi connectivity index (χ0) is 16.7. The summed E-state index contributed by atoms with van der Waals surface area (Å²) in [5.74, 6) is 0.987. The van der Waals surface area contributed by atoms with Crippen molar-refractivity contribution in [2.24, 2.45) is 11.8 Å². The third-order valence-corrected chi connectivity index (χ3v) is 5.04. The van der Waals surface area contributed by atoms with E-state index in [-0.39, 0.29) is 23.8 Å². The Bertz CT molecular complexity index is 760. The molecule has 1 aliphatic carbocycles. The second-order valence-electron chi connectivity index (χ2n) is 6.79. The Morgan fingerprint density at radius 2 is 2.08 bits per heavy atom. The molecule has 4 rings (SSSR count). The first-order valence-corrected chi connectivity index (χ1v) is 8.54. The van der Waals surface area contributed by atoms with Gasteiger partial charge in [0.05, 0.1) is 5.56 Å². The minimum atomic E-state index is -0.393. The van der Waals surface area contributed by atoms with Crippen LogP contribution in [0.1, 0.15) is 44.5 Å². The summed E-state index contributed by atoms with van der Waals surface area (Å²) >= 11 is 0. The largest absolute Gasteiger partial charge is 0.418 e. The van der Waals surface area contributed by atoms with Gasteiger partial charge in [-0.15, -0.1) is 10.2 Å². The van der Waals surface area contributed by atoms with E-state index in [4.69, 9.17) is 4.42 Å². The number of hydrogen-bond acceptors (Lipinski definition) is 4. The highest BCUT2D eigenvalue weighted by atomic mass is 19.1. The minimum Gasteiger partial charge on any atom is -0.418 e. The van der Waals surface area contributed by atoms with Crippen LogP contribution >= 0.6 is 0 Å². The Balaban J connectivity index is 1.60. The zero-order valence-corrected chi connectivity index (χ0v) is 13.6. The van der Waals surface area contributed by atoms with E-state index in [0.717, 1.165) is 32.2 Å². The molecule has 1 saturated heterocycles. The van der Waals surface area contributed by atoms with Crippen LogP contribution in [0, 0.1) is 17.7 Å². The molecule has 1 aromatic heterocycles. The van der Waals surface area contributed by atoms with Crippen LogP contribution in [-0.4, -0.2) is 27.5 Å². The van der Waals surface area contributed by atoms with Crippen molar-refractivity contribution in [3.05, 3.63) is 36.0 Å². The molecule has 6 heteroatoms. The lowest BCUT2D eigenvalue weighted by molar-refractivity contribution is -0.137. The molecule has 1 saturated carbocycles. The first-order chi connectivity index (χ1) is 11.6. The second-order valence-corrected chi connectivity index (χ2v) is 6.79. The number of amides is 1. The number of rotatable bonds is 3. The Hall–Kier alpha value is -2.24. The van der Waals surface area contributed by atoms with Crippen molar-refractivity contribution in [3.63, 3.8) is 0 Å². The topological polar surface area (TPSA) is 59.2 Å². The van der Waals surface area contributed by atoms with Crippen molar-refractivity contribution in [1.82, 2.24) is 15.1 Å². The molecule has 2 aliphatic rings. The lowest BCUT2D eigenvalue weighted by Gasteiger charge is -2.33.